The molecule has 2 fully saturated rings. The van der Waals surface area contributed by atoms with Gasteiger partial charge in [0.2, 0.25) is 0 Å². The minimum Gasteiger partial charge on any atom is -0.389 e. The predicted octanol–water partition coefficient (Wildman–Crippen LogP) is 5.01. The van der Waals surface area contributed by atoms with Gasteiger partial charge in [-0.2, -0.15) is 0 Å². The van der Waals surface area contributed by atoms with E-state index in [1.54, 1.807) is 0 Å². The molecular formula is C27H32O3. The van der Waals surface area contributed by atoms with Crippen molar-refractivity contribution in [3.8, 4) is 0 Å². The molecule has 5 rings (SSSR count). The maximum Gasteiger partial charge on any atom is 0.162 e. The third-order valence-corrected chi connectivity index (χ3v) is 9.10. The van der Waals surface area contributed by atoms with Crippen LogP contribution >= 0.6 is 0 Å². The van der Waals surface area contributed by atoms with E-state index in [0.717, 1.165) is 25.7 Å². The van der Waals surface area contributed by atoms with Crippen molar-refractivity contribution in [3.63, 3.8) is 0 Å². The van der Waals surface area contributed by atoms with Crippen LogP contribution in [-0.2, 0) is 9.59 Å². The molecule has 4 aliphatic rings. The second-order valence-corrected chi connectivity index (χ2v) is 10.4. The van der Waals surface area contributed by atoms with Crippen LogP contribution in [-0.4, -0.2) is 23.3 Å². The summed E-state index contributed by atoms with van der Waals surface area (Å²) in [6.45, 7) is 4.26. The molecule has 0 amide bonds. The van der Waals surface area contributed by atoms with Crippen molar-refractivity contribution in [2.75, 3.05) is 6.61 Å². The van der Waals surface area contributed by atoms with Crippen LogP contribution in [0.4, 0.5) is 0 Å². The van der Waals surface area contributed by atoms with E-state index in [-0.39, 0.29) is 35.1 Å². The first-order valence-corrected chi connectivity index (χ1v) is 11.5. The van der Waals surface area contributed by atoms with E-state index >= 15 is 0 Å². The monoisotopic (exact) mass is 404 g/mol. The Balaban J connectivity index is 1.56. The third kappa shape index (κ3) is 2.74. The van der Waals surface area contributed by atoms with E-state index in [9.17, 15) is 14.7 Å². The van der Waals surface area contributed by atoms with Gasteiger partial charge in [0, 0.05) is 24.2 Å². The Bertz CT molecular complexity index is 942. The molecule has 1 aromatic rings. The number of aliphatic hydroxyl groups is 1. The van der Waals surface area contributed by atoms with E-state index in [1.807, 2.05) is 6.07 Å². The molecule has 158 valence electrons. The SMILES string of the molecule is C[C@]12CCC(=O)CC1=CCC1C2=CC[C@@]2(C)C1C[C@@H](c1ccccc1)[C@@H]2C(=O)CO. The largest absolute Gasteiger partial charge is 0.389 e. The number of carbonyl (C=O) groups excluding carboxylic acids is 2. The Morgan fingerprint density at radius 3 is 2.63 bits per heavy atom. The first-order chi connectivity index (χ1) is 14.4. The predicted molar refractivity (Wildman–Crippen MR) is 117 cm³/mol. The number of carbonyl (C=O) groups is 2. The number of aliphatic hydroxyl groups excluding tert-OH is 1. The van der Waals surface area contributed by atoms with Gasteiger partial charge in [-0.05, 0) is 54.4 Å². The summed E-state index contributed by atoms with van der Waals surface area (Å²) in [7, 11) is 0. The van der Waals surface area contributed by atoms with Crippen LogP contribution in [0.25, 0.3) is 0 Å². The van der Waals surface area contributed by atoms with Gasteiger partial charge in [0.15, 0.2) is 5.78 Å². The fraction of sp³-hybridized carbons (Fsp3) is 0.556. The minimum atomic E-state index is -0.374. The molecule has 2 saturated carbocycles. The molecule has 3 heteroatoms. The molecular weight excluding hydrogens is 372 g/mol. The van der Waals surface area contributed by atoms with Crippen LogP contribution in [0.15, 0.2) is 53.6 Å². The van der Waals surface area contributed by atoms with Gasteiger partial charge in [0.05, 0.1) is 0 Å². The standard InChI is InChI=1S/C27H32O3/c1-26-12-10-19(29)14-18(26)8-9-20-22(26)11-13-27(2)23(20)15-21(25(27)24(30)16-28)17-6-4-3-5-7-17/h3-8,11,20-21,23,25,28H,9-10,12-16H2,1-2H3/t20?,21-,23?,25+,26-,27-/m0/s1. The summed E-state index contributed by atoms with van der Waals surface area (Å²) < 4.78 is 0. The quantitative estimate of drug-likeness (QED) is 0.721. The Morgan fingerprint density at radius 2 is 1.90 bits per heavy atom. The van der Waals surface area contributed by atoms with Gasteiger partial charge in [0.1, 0.15) is 12.4 Å². The van der Waals surface area contributed by atoms with E-state index in [0.29, 0.717) is 30.5 Å². The summed E-state index contributed by atoms with van der Waals surface area (Å²) in [6.07, 6.45) is 9.85. The maximum absolute atomic E-state index is 13.0. The van der Waals surface area contributed by atoms with Crippen molar-refractivity contribution in [1.29, 1.82) is 0 Å². The molecule has 1 N–H and O–H groups in total. The fourth-order valence-corrected chi connectivity index (χ4v) is 7.56. The maximum atomic E-state index is 13.0. The van der Waals surface area contributed by atoms with E-state index in [4.69, 9.17) is 0 Å². The number of benzene rings is 1. The lowest BCUT2D eigenvalue weighted by Crippen LogP contribution is -2.45. The number of ketones is 2. The van der Waals surface area contributed by atoms with Gasteiger partial charge in [0.25, 0.3) is 0 Å². The molecule has 0 spiro atoms. The smallest absolute Gasteiger partial charge is 0.162 e. The molecule has 30 heavy (non-hydrogen) atoms. The molecule has 0 heterocycles. The lowest BCUT2D eigenvalue weighted by Gasteiger charge is -2.52. The van der Waals surface area contributed by atoms with Crippen molar-refractivity contribution in [1.82, 2.24) is 0 Å². The van der Waals surface area contributed by atoms with Gasteiger partial charge in [-0.15, -0.1) is 0 Å². The summed E-state index contributed by atoms with van der Waals surface area (Å²) in [6, 6.07) is 10.4. The summed E-state index contributed by atoms with van der Waals surface area (Å²) in [4.78, 5) is 25.1. The summed E-state index contributed by atoms with van der Waals surface area (Å²) in [5.41, 5.74) is 3.97. The lowest BCUT2D eigenvalue weighted by molar-refractivity contribution is -0.130. The molecule has 6 atom stereocenters. The third-order valence-electron chi connectivity index (χ3n) is 9.10. The average Bonchev–Trinajstić information content (AvgIpc) is 3.07. The molecule has 0 radical (unpaired) electrons. The fourth-order valence-electron chi connectivity index (χ4n) is 7.56. The Kier molecular flexibility index (Phi) is 4.66. The van der Waals surface area contributed by atoms with Crippen LogP contribution in [0, 0.1) is 28.6 Å². The van der Waals surface area contributed by atoms with Crippen molar-refractivity contribution in [2.24, 2.45) is 28.6 Å². The highest BCUT2D eigenvalue weighted by Gasteiger charge is 2.60. The first-order valence-electron chi connectivity index (χ1n) is 11.5. The Labute approximate surface area is 179 Å². The highest BCUT2D eigenvalue weighted by molar-refractivity contribution is 5.85. The van der Waals surface area contributed by atoms with E-state index < -0.39 is 0 Å². The molecule has 0 saturated heterocycles. The van der Waals surface area contributed by atoms with Crippen LogP contribution < -0.4 is 0 Å². The summed E-state index contributed by atoms with van der Waals surface area (Å²) in [5, 5.41) is 9.81. The van der Waals surface area contributed by atoms with Crippen molar-refractivity contribution in [3.05, 3.63) is 59.2 Å². The average molecular weight is 405 g/mol. The Hall–Kier alpha value is -2.00. The lowest BCUT2D eigenvalue weighted by atomic mass is 9.51. The number of fused-ring (bicyclic) bond motifs is 5. The number of rotatable bonds is 3. The Morgan fingerprint density at radius 1 is 1.13 bits per heavy atom. The zero-order chi connectivity index (χ0) is 21.1. The normalized spacial score (nSPS) is 40.0. The van der Waals surface area contributed by atoms with Crippen LogP contribution in [0.5, 0.6) is 0 Å². The second kappa shape index (κ2) is 7.02. The number of allylic oxidation sites excluding steroid dienone is 4. The molecule has 1 aromatic carbocycles. The van der Waals surface area contributed by atoms with Crippen LogP contribution in [0.3, 0.4) is 0 Å². The van der Waals surface area contributed by atoms with Crippen molar-refractivity contribution in [2.45, 2.75) is 58.3 Å². The van der Waals surface area contributed by atoms with Gasteiger partial charge in [-0.3, -0.25) is 9.59 Å². The zero-order valence-corrected chi connectivity index (χ0v) is 18.1. The van der Waals surface area contributed by atoms with Crippen LogP contribution in [0.2, 0.25) is 0 Å². The molecule has 4 aliphatic carbocycles. The van der Waals surface area contributed by atoms with Crippen molar-refractivity contribution >= 4 is 11.6 Å². The van der Waals surface area contributed by atoms with Gasteiger partial charge >= 0.3 is 0 Å². The van der Waals surface area contributed by atoms with E-state index in [1.165, 1.54) is 16.7 Å². The van der Waals surface area contributed by atoms with Gasteiger partial charge < -0.3 is 5.11 Å². The first kappa shape index (κ1) is 19.9. The minimum absolute atomic E-state index is 0.00721. The summed E-state index contributed by atoms with van der Waals surface area (Å²) >= 11 is 0. The molecule has 3 nitrogen and oxygen atoms in total. The molecule has 0 bridgehead atoms. The second-order valence-electron chi connectivity index (χ2n) is 10.4. The molecule has 0 aromatic heterocycles. The number of hydrogen-bond acceptors (Lipinski definition) is 3. The molecule has 0 aliphatic heterocycles. The highest BCUT2D eigenvalue weighted by Crippen LogP contribution is 2.66. The van der Waals surface area contributed by atoms with Gasteiger partial charge in [-0.25, -0.2) is 0 Å². The topological polar surface area (TPSA) is 54.4 Å². The molecule has 2 unspecified atom stereocenters. The zero-order valence-electron chi connectivity index (χ0n) is 18.1. The number of hydrogen-bond donors (Lipinski definition) is 1. The van der Waals surface area contributed by atoms with Crippen LogP contribution in [0.1, 0.15) is 63.9 Å². The van der Waals surface area contributed by atoms with E-state index in [2.05, 4.69) is 50.3 Å². The number of Topliss-reactive ketones (excluding diaryl/α,β-unsaturated/α-hetero) is 2. The highest BCUT2D eigenvalue weighted by atomic mass is 16.3. The van der Waals surface area contributed by atoms with Gasteiger partial charge in [-0.1, -0.05) is 67.5 Å². The van der Waals surface area contributed by atoms with Crippen molar-refractivity contribution < 1.29 is 14.7 Å². The summed E-state index contributed by atoms with van der Waals surface area (Å²) in [5.74, 6) is 1.26.